The summed E-state index contributed by atoms with van der Waals surface area (Å²) in [5, 5.41) is 3.56. The second-order valence-corrected chi connectivity index (χ2v) is 5.77. The quantitative estimate of drug-likeness (QED) is 0.659. The van der Waals surface area contributed by atoms with Gasteiger partial charge in [0.25, 0.3) is 0 Å². The minimum Gasteiger partial charge on any atom is -0.478 e. The van der Waals surface area contributed by atoms with E-state index >= 15 is 0 Å². The van der Waals surface area contributed by atoms with Crippen molar-refractivity contribution in [3.05, 3.63) is 23.4 Å². The fourth-order valence-electron chi connectivity index (χ4n) is 2.26. The molecule has 3 heteroatoms. The number of hydrogen-bond acceptors (Lipinski definition) is 3. The number of nitrogens with one attached hydrogen (secondary N) is 1. The highest BCUT2D eigenvalue weighted by Crippen LogP contribution is 2.20. The van der Waals surface area contributed by atoms with Gasteiger partial charge in [0.15, 0.2) is 0 Å². The van der Waals surface area contributed by atoms with Gasteiger partial charge >= 0.3 is 0 Å². The number of hydrogen-bond donors (Lipinski definition) is 1. The lowest BCUT2D eigenvalue weighted by Crippen LogP contribution is -2.16. The molecule has 1 fully saturated rings. The molecule has 1 aromatic heterocycles. The van der Waals surface area contributed by atoms with Crippen LogP contribution in [-0.4, -0.2) is 17.6 Å². The van der Waals surface area contributed by atoms with Crippen LogP contribution >= 0.6 is 0 Å². The molecule has 1 N–H and O–H groups in total. The van der Waals surface area contributed by atoms with Gasteiger partial charge in [0.05, 0.1) is 6.61 Å². The molecule has 0 spiro atoms. The van der Waals surface area contributed by atoms with E-state index in [4.69, 9.17) is 4.74 Å². The SMILES string of the molecule is CCCCCOc1cc(CNC2CC2)cc(CCC)n1. The molecule has 3 nitrogen and oxygen atoms in total. The first-order chi connectivity index (χ1) is 9.81. The average molecular weight is 276 g/mol. The molecule has 0 aromatic carbocycles. The van der Waals surface area contributed by atoms with E-state index in [-0.39, 0.29) is 0 Å². The Morgan fingerprint density at radius 1 is 1.20 bits per heavy atom. The van der Waals surface area contributed by atoms with Crippen LogP contribution in [0.5, 0.6) is 5.88 Å². The van der Waals surface area contributed by atoms with Crippen molar-refractivity contribution in [2.75, 3.05) is 6.61 Å². The Morgan fingerprint density at radius 2 is 2.05 bits per heavy atom. The summed E-state index contributed by atoms with van der Waals surface area (Å²) in [5.41, 5.74) is 2.47. The molecule has 1 heterocycles. The molecule has 1 saturated carbocycles. The molecular formula is C17H28N2O. The summed E-state index contributed by atoms with van der Waals surface area (Å²) < 4.78 is 5.82. The number of nitrogens with zero attached hydrogens (tertiary/aromatic N) is 1. The van der Waals surface area contributed by atoms with Crippen molar-refractivity contribution in [2.24, 2.45) is 0 Å². The topological polar surface area (TPSA) is 34.1 Å². The number of aromatic nitrogens is 1. The zero-order valence-corrected chi connectivity index (χ0v) is 13.0. The van der Waals surface area contributed by atoms with E-state index in [1.165, 1.54) is 31.2 Å². The van der Waals surface area contributed by atoms with Crippen molar-refractivity contribution in [3.63, 3.8) is 0 Å². The van der Waals surface area contributed by atoms with Crippen LogP contribution in [0.15, 0.2) is 12.1 Å². The Labute approximate surface area is 123 Å². The zero-order chi connectivity index (χ0) is 14.2. The molecular weight excluding hydrogens is 248 g/mol. The van der Waals surface area contributed by atoms with Gasteiger partial charge in [0, 0.05) is 24.3 Å². The second-order valence-electron chi connectivity index (χ2n) is 5.77. The molecule has 0 unspecified atom stereocenters. The molecule has 1 aliphatic rings. The molecule has 112 valence electrons. The van der Waals surface area contributed by atoms with Crippen LogP contribution in [0.4, 0.5) is 0 Å². The van der Waals surface area contributed by atoms with Crippen LogP contribution in [0.3, 0.4) is 0 Å². The van der Waals surface area contributed by atoms with E-state index in [1.807, 2.05) is 0 Å². The van der Waals surface area contributed by atoms with Crippen LogP contribution in [0.25, 0.3) is 0 Å². The first-order valence-corrected chi connectivity index (χ1v) is 8.17. The van der Waals surface area contributed by atoms with Gasteiger partial charge in [-0.3, -0.25) is 0 Å². The highest BCUT2D eigenvalue weighted by Gasteiger charge is 2.20. The predicted octanol–water partition coefficient (Wildman–Crippen LogP) is 3.86. The summed E-state index contributed by atoms with van der Waals surface area (Å²) in [4.78, 5) is 4.61. The lowest BCUT2D eigenvalue weighted by atomic mass is 10.1. The van der Waals surface area contributed by atoms with Crippen molar-refractivity contribution >= 4 is 0 Å². The third-order valence-electron chi connectivity index (χ3n) is 3.59. The normalized spacial score (nSPS) is 14.5. The van der Waals surface area contributed by atoms with Gasteiger partial charge in [0.1, 0.15) is 0 Å². The summed E-state index contributed by atoms with van der Waals surface area (Å²) in [6.07, 6.45) is 8.38. The molecule has 2 rings (SSSR count). The van der Waals surface area contributed by atoms with Gasteiger partial charge in [-0.2, -0.15) is 0 Å². The van der Waals surface area contributed by atoms with E-state index < -0.39 is 0 Å². The van der Waals surface area contributed by atoms with Gasteiger partial charge in [-0.05, 0) is 37.3 Å². The first kappa shape index (κ1) is 15.3. The third kappa shape index (κ3) is 5.49. The van der Waals surface area contributed by atoms with Gasteiger partial charge in [-0.1, -0.05) is 33.1 Å². The molecule has 1 aromatic rings. The van der Waals surface area contributed by atoms with Gasteiger partial charge in [-0.25, -0.2) is 4.98 Å². The summed E-state index contributed by atoms with van der Waals surface area (Å²) in [6, 6.07) is 5.06. The average Bonchev–Trinajstić information content (AvgIpc) is 3.26. The number of pyridine rings is 1. The molecule has 0 radical (unpaired) electrons. The number of aryl methyl sites for hydroxylation is 1. The van der Waals surface area contributed by atoms with Crippen LogP contribution in [0, 0.1) is 0 Å². The number of rotatable bonds is 10. The Kier molecular flexibility index (Phi) is 6.31. The molecule has 0 bridgehead atoms. The molecule has 0 aliphatic heterocycles. The van der Waals surface area contributed by atoms with Gasteiger partial charge < -0.3 is 10.1 Å². The van der Waals surface area contributed by atoms with Gasteiger partial charge in [0.2, 0.25) is 5.88 Å². The summed E-state index contributed by atoms with van der Waals surface area (Å²) in [6.45, 7) is 6.13. The highest BCUT2D eigenvalue weighted by molar-refractivity contribution is 5.25. The summed E-state index contributed by atoms with van der Waals surface area (Å²) in [7, 11) is 0. The Hall–Kier alpha value is -1.09. The molecule has 0 saturated heterocycles. The third-order valence-corrected chi connectivity index (χ3v) is 3.59. The smallest absolute Gasteiger partial charge is 0.213 e. The monoisotopic (exact) mass is 276 g/mol. The van der Waals surface area contributed by atoms with Crippen molar-refractivity contribution in [1.82, 2.24) is 10.3 Å². The van der Waals surface area contributed by atoms with E-state index in [0.717, 1.165) is 50.0 Å². The zero-order valence-electron chi connectivity index (χ0n) is 13.0. The van der Waals surface area contributed by atoms with Crippen molar-refractivity contribution in [3.8, 4) is 5.88 Å². The Bertz CT molecular complexity index is 402. The van der Waals surface area contributed by atoms with Crippen molar-refractivity contribution in [2.45, 2.75) is 71.4 Å². The minimum atomic E-state index is 0.742. The summed E-state index contributed by atoms with van der Waals surface area (Å²) >= 11 is 0. The Morgan fingerprint density at radius 3 is 2.75 bits per heavy atom. The van der Waals surface area contributed by atoms with Crippen LogP contribution < -0.4 is 10.1 Å². The molecule has 1 aliphatic carbocycles. The maximum absolute atomic E-state index is 5.82. The molecule has 20 heavy (non-hydrogen) atoms. The van der Waals surface area contributed by atoms with Crippen LogP contribution in [0.1, 0.15) is 63.6 Å². The Balaban J connectivity index is 1.92. The lowest BCUT2D eigenvalue weighted by molar-refractivity contribution is 0.293. The lowest BCUT2D eigenvalue weighted by Gasteiger charge is -2.10. The van der Waals surface area contributed by atoms with Crippen LogP contribution in [-0.2, 0) is 13.0 Å². The van der Waals surface area contributed by atoms with Crippen molar-refractivity contribution in [1.29, 1.82) is 0 Å². The minimum absolute atomic E-state index is 0.742. The van der Waals surface area contributed by atoms with Crippen molar-refractivity contribution < 1.29 is 4.74 Å². The number of ether oxygens (including phenoxy) is 1. The van der Waals surface area contributed by atoms with Crippen LogP contribution in [0.2, 0.25) is 0 Å². The van der Waals surface area contributed by atoms with E-state index in [1.54, 1.807) is 0 Å². The number of unbranched alkanes of at least 4 members (excludes halogenated alkanes) is 2. The predicted molar refractivity (Wildman–Crippen MR) is 83.1 cm³/mol. The first-order valence-electron chi connectivity index (χ1n) is 8.17. The van der Waals surface area contributed by atoms with E-state index in [9.17, 15) is 0 Å². The standard InChI is InChI=1S/C17H28N2O/c1-3-5-6-10-20-17-12-14(13-18-15-8-9-15)11-16(19-17)7-4-2/h11-12,15,18H,3-10,13H2,1-2H3. The second kappa shape index (κ2) is 8.25. The van der Waals surface area contributed by atoms with E-state index in [2.05, 4.69) is 36.3 Å². The highest BCUT2D eigenvalue weighted by atomic mass is 16.5. The molecule has 0 amide bonds. The molecule has 0 atom stereocenters. The fraction of sp³-hybridized carbons (Fsp3) is 0.706. The fourth-order valence-corrected chi connectivity index (χ4v) is 2.26. The maximum atomic E-state index is 5.82. The summed E-state index contributed by atoms with van der Waals surface area (Å²) in [5.74, 6) is 0.805. The van der Waals surface area contributed by atoms with Gasteiger partial charge in [-0.15, -0.1) is 0 Å². The maximum Gasteiger partial charge on any atom is 0.213 e. The van der Waals surface area contributed by atoms with E-state index in [0.29, 0.717) is 0 Å². The largest absolute Gasteiger partial charge is 0.478 e.